The number of allylic oxidation sites excluding steroid dienone is 1. The molecule has 0 N–H and O–H groups in total. The summed E-state index contributed by atoms with van der Waals surface area (Å²) in [6.07, 6.45) is 7.71. The summed E-state index contributed by atoms with van der Waals surface area (Å²) in [6, 6.07) is 26.9. The molecule has 1 atom stereocenters. The highest BCUT2D eigenvalue weighted by molar-refractivity contribution is 6.16. The summed E-state index contributed by atoms with van der Waals surface area (Å²) in [6.45, 7) is 3.35. The SMILES string of the molecule is COc1cc(/C=C/C(=O)c2c(C)nc3ccccc3c2-c2ccccc2)ccc1OCCCOc1cc2c(cc1OC)C(=O)N1CCCC1C=N2. The van der Waals surface area contributed by atoms with Crippen LogP contribution in [0.2, 0.25) is 0 Å². The van der Waals surface area contributed by atoms with E-state index in [-0.39, 0.29) is 17.7 Å². The van der Waals surface area contributed by atoms with Crippen LogP contribution < -0.4 is 18.9 Å². The Labute approximate surface area is 297 Å². The molecule has 7 rings (SSSR count). The number of methoxy groups -OCH3 is 2. The van der Waals surface area contributed by atoms with Crippen molar-refractivity contribution in [1.29, 1.82) is 0 Å². The number of pyridine rings is 1. The lowest BCUT2D eigenvalue weighted by Gasteiger charge is -2.20. The maximum atomic E-state index is 13.8. The maximum absolute atomic E-state index is 13.8. The molecule has 5 aromatic rings. The molecule has 258 valence electrons. The van der Waals surface area contributed by atoms with Crippen LogP contribution in [-0.4, -0.2) is 67.8 Å². The Morgan fingerprint density at radius 2 is 1.63 bits per heavy atom. The zero-order valence-electron chi connectivity index (χ0n) is 28.9. The van der Waals surface area contributed by atoms with Crippen molar-refractivity contribution >= 4 is 40.6 Å². The standard InChI is InChI=1S/C42H39N3O6/c1-27-40(41(29-11-5-4-6-12-29)31-14-7-8-15-33(31)44-27)35(46)18-16-28-17-19-36(37(23-28)48-2)50-21-10-22-51-39-25-34-32(24-38(39)49-3)42(47)45-20-9-13-30(45)26-43-34/h4-8,11-12,14-19,23-26,30H,9-10,13,20-22H2,1-3H3/b18-16+. The van der Waals surface area contributed by atoms with E-state index in [0.717, 1.165) is 47.0 Å². The van der Waals surface area contributed by atoms with Gasteiger partial charge in [-0.15, -0.1) is 0 Å². The summed E-state index contributed by atoms with van der Waals surface area (Å²) in [7, 11) is 3.15. The second-order valence-corrected chi connectivity index (χ2v) is 12.5. The Morgan fingerprint density at radius 3 is 2.43 bits per heavy atom. The fourth-order valence-electron chi connectivity index (χ4n) is 6.75. The Bertz CT molecular complexity index is 2160. The number of ketones is 1. The average Bonchev–Trinajstić information content (AvgIpc) is 3.60. The molecular formula is C42H39N3O6. The first kappa shape index (κ1) is 33.5. The Morgan fingerprint density at radius 1 is 0.882 bits per heavy atom. The van der Waals surface area contributed by atoms with Gasteiger partial charge < -0.3 is 23.8 Å². The van der Waals surface area contributed by atoms with Gasteiger partial charge in [0.25, 0.3) is 5.91 Å². The highest BCUT2D eigenvalue weighted by Crippen LogP contribution is 2.38. The van der Waals surface area contributed by atoms with Crippen molar-refractivity contribution < 1.29 is 28.5 Å². The molecule has 1 unspecified atom stereocenters. The van der Waals surface area contributed by atoms with Gasteiger partial charge in [0.2, 0.25) is 0 Å². The van der Waals surface area contributed by atoms with E-state index in [9.17, 15) is 9.59 Å². The molecule has 1 saturated heterocycles. The second-order valence-electron chi connectivity index (χ2n) is 12.5. The van der Waals surface area contributed by atoms with Gasteiger partial charge in [-0.1, -0.05) is 60.7 Å². The minimum Gasteiger partial charge on any atom is -0.493 e. The van der Waals surface area contributed by atoms with E-state index in [1.165, 1.54) is 0 Å². The smallest absolute Gasteiger partial charge is 0.256 e. The largest absolute Gasteiger partial charge is 0.493 e. The predicted octanol–water partition coefficient (Wildman–Crippen LogP) is 8.29. The van der Waals surface area contributed by atoms with Gasteiger partial charge in [0, 0.05) is 41.9 Å². The van der Waals surface area contributed by atoms with Crippen molar-refractivity contribution in [2.75, 3.05) is 34.0 Å². The summed E-state index contributed by atoms with van der Waals surface area (Å²) >= 11 is 0. The number of rotatable bonds is 12. The Hall–Kier alpha value is -5.96. The number of fused-ring (bicyclic) bond motifs is 3. The molecule has 0 bridgehead atoms. The monoisotopic (exact) mass is 681 g/mol. The first-order valence-electron chi connectivity index (χ1n) is 17.1. The van der Waals surface area contributed by atoms with Crippen LogP contribution in [0.3, 0.4) is 0 Å². The highest BCUT2D eigenvalue weighted by atomic mass is 16.5. The van der Waals surface area contributed by atoms with Crippen LogP contribution in [0, 0.1) is 6.92 Å². The number of nitrogens with zero attached hydrogens (tertiary/aromatic N) is 3. The molecule has 4 aromatic carbocycles. The van der Waals surface area contributed by atoms with E-state index in [1.807, 2.05) is 90.8 Å². The number of aromatic nitrogens is 1. The molecule has 0 aliphatic carbocycles. The van der Waals surface area contributed by atoms with Crippen LogP contribution >= 0.6 is 0 Å². The molecule has 9 heteroatoms. The number of carbonyl (C=O) groups is 2. The van der Waals surface area contributed by atoms with Gasteiger partial charge in [-0.3, -0.25) is 19.6 Å². The second kappa shape index (κ2) is 14.9. The molecule has 2 aliphatic heterocycles. The van der Waals surface area contributed by atoms with Crippen molar-refractivity contribution in [3.05, 3.63) is 113 Å². The minimum absolute atomic E-state index is 0.0279. The van der Waals surface area contributed by atoms with Crippen molar-refractivity contribution in [1.82, 2.24) is 9.88 Å². The van der Waals surface area contributed by atoms with Crippen LogP contribution in [0.25, 0.3) is 28.1 Å². The summed E-state index contributed by atoms with van der Waals surface area (Å²) < 4.78 is 23.3. The van der Waals surface area contributed by atoms with Gasteiger partial charge in [-0.2, -0.15) is 0 Å². The van der Waals surface area contributed by atoms with Crippen LogP contribution in [0.15, 0.2) is 96.0 Å². The number of aryl methyl sites for hydroxylation is 1. The lowest BCUT2D eigenvalue weighted by molar-refractivity contribution is 0.0774. The van der Waals surface area contributed by atoms with E-state index >= 15 is 0 Å². The summed E-state index contributed by atoms with van der Waals surface area (Å²) in [5.74, 6) is 1.99. The van der Waals surface area contributed by atoms with Gasteiger partial charge >= 0.3 is 0 Å². The first-order chi connectivity index (χ1) is 24.9. The van der Waals surface area contributed by atoms with Crippen molar-refractivity contribution in [3.63, 3.8) is 0 Å². The Kier molecular flexibility index (Phi) is 9.78. The maximum Gasteiger partial charge on any atom is 0.256 e. The third-order valence-corrected chi connectivity index (χ3v) is 9.26. The van der Waals surface area contributed by atoms with E-state index in [1.54, 1.807) is 38.5 Å². The first-order valence-corrected chi connectivity index (χ1v) is 17.1. The van der Waals surface area contributed by atoms with Gasteiger partial charge in [-0.05, 0) is 61.2 Å². The van der Waals surface area contributed by atoms with E-state index < -0.39 is 0 Å². The van der Waals surface area contributed by atoms with Gasteiger partial charge in [-0.25, -0.2) is 0 Å². The number of hydrogen-bond donors (Lipinski definition) is 0. The van der Waals surface area contributed by atoms with Crippen molar-refractivity contribution in [2.24, 2.45) is 4.99 Å². The van der Waals surface area contributed by atoms with Crippen molar-refractivity contribution in [3.8, 4) is 34.1 Å². The number of hydrogen-bond acceptors (Lipinski definition) is 8. The molecule has 1 fully saturated rings. The minimum atomic E-state index is -0.131. The van der Waals surface area contributed by atoms with E-state index in [2.05, 4.69) is 4.99 Å². The van der Waals surface area contributed by atoms with Gasteiger partial charge in [0.05, 0.1) is 55.8 Å². The number of benzene rings is 4. The summed E-state index contributed by atoms with van der Waals surface area (Å²) in [4.78, 5) is 38.1. The van der Waals surface area contributed by atoms with Gasteiger partial charge in [0.15, 0.2) is 28.8 Å². The van der Waals surface area contributed by atoms with Crippen LogP contribution in [0.4, 0.5) is 5.69 Å². The number of aliphatic imine (C=N–C) groups is 1. The number of amides is 1. The average molecular weight is 682 g/mol. The molecule has 0 radical (unpaired) electrons. The number of para-hydroxylation sites is 1. The van der Waals surface area contributed by atoms with E-state index in [0.29, 0.717) is 65.1 Å². The molecule has 3 heterocycles. The van der Waals surface area contributed by atoms with Crippen LogP contribution in [0.5, 0.6) is 23.0 Å². The molecule has 1 amide bonds. The van der Waals surface area contributed by atoms with Crippen molar-refractivity contribution in [2.45, 2.75) is 32.2 Å². The molecule has 51 heavy (non-hydrogen) atoms. The zero-order valence-corrected chi connectivity index (χ0v) is 28.9. The quantitative estimate of drug-likeness (QED) is 0.0742. The lowest BCUT2D eigenvalue weighted by atomic mass is 9.92. The molecule has 0 saturated carbocycles. The topological polar surface area (TPSA) is 99.6 Å². The third-order valence-electron chi connectivity index (χ3n) is 9.26. The highest BCUT2D eigenvalue weighted by Gasteiger charge is 2.32. The molecular weight excluding hydrogens is 642 g/mol. The third kappa shape index (κ3) is 6.92. The summed E-state index contributed by atoms with van der Waals surface area (Å²) in [5, 5.41) is 0.933. The van der Waals surface area contributed by atoms with E-state index in [4.69, 9.17) is 23.9 Å². The predicted molar refractivity (Wildman–Crippen MR) is 199 cm³/mol. The number of ether oxygens (including phenoxy) is 4. The fourth-order valence-corrected chi connectivity index (χ4v) is 6.75. The number of carbonyl (C=O) groups excluding carboxylic acids is 2. The van der Waals surface area contributed by atoms with Crippen LogP contribution in [-0.2, 0) is 0 Å². The van der Waals surface area contributed by atoms with Crippen LogP contribution in [0.1, 0.15) is 51.2 Å². The van der Waals surface area contributed by atoms with Gasteiger partial charge in [0.1, 0.15) is 0 Å². The lowest BCUT2D eigenvalue weighted by Crippen LogP contribution is -2.35. The zero-order chi connectivity index (χ0) is 35.3. The Balaban J connectivity index is 1.00. The normalized spacial score (nSPS) is 15.1. The molecule has 0 spiro atoms. The summed E-state index contributed by atoms with van der Waals surface area (Å²) in [5.41, 5.74) is 5.85. The molecule has 9 nitrogen and oxygen atoms in total. The molecule has 2 aliphatic rings. The fraction of sp³-hybridized carbons (Fsp3) is 0.238. The molecule has 1 aromatic heterocycles.